The molecule has 0 saturated carbocycles. The molecule has 0 aromatic heterocycles. The molecule has 1 heterocycles. The van der Waals surface area contributed by atoms with Crippen LogP contribution in [0.2, 0.25) is 0 Å². The van der Waals surface area contributed by atoms with Crippen molar-refractivity contribution in [3.05, 3.63) is 29.3 Å². The zero-order valence-corrected chi connectivity index (χ0v) is 8.66. The van der Waals surface area contributed by atoms with Gasteiger partial charge in [-0.05, 0) is 23.3 Å². The first kappa shape index (κ1) is 9.49. The van der Waals surface area contributed by atoms with Crippen LogP contribution in [-0.2, 0) is 11.3 Å². The third kappa shape index (κ3) is 1.61. The Balaban J connectivity index is 2.41. The Morgan fingerprint density at radius 3 is 2.93 bits per heavy atom. The van der Waals surface area contributed by atoms with Crippen molar-refractivity contribution in [2.24, 2.45) is 5.73 Å². The second-order valence-corrected chi connectivity index (χ2v) is 3.90. The third-order valence-corrected chi connectivity index (χ3v) is 2.60. The summed E-state index contributed by atoms with van der Waals surface area (Å²) in [5.41, 5.74) is 9.61. The average Bonchev–Trinajstić information content (AvgIpc) is 2.18. The first-order chi connectivity index (χ1) is 6.68. The van der Waals surface area contributed by atoms with E-state index in [0.717, 1.165) is 0 Å². The van der Waals surface area contributed by atoms with Gasteiger partial charge in [-0.25, -0.2) is 0 Å². The van der Waals surface area contributed by atoms with E-state index in [2.05, 4.69) is 23.1 Å². The SMILES string of the molecule is CN(C)c1ccc2c(c1)C(N)COC2. The molecule has 0 radical (unpaired) electrons. The largest absolute Gasteiger partial charge is 0.378 e. The van der Waals surface area contributed by atoms with E-state index in [1.165, 1.54) is 16.8 Å². The van der Waals surface area contributed by atoms with Gasteiger partial charge in [-0.3, -0.25) is 0 Å². The number of fused-ring (bicyclic) bond motifs is 1. The van der Waals surface area contributed by atoms with Crippen LogP contribution in [0.15, 0.2) is 18.2 Å². The molecule has 76 valence electrons. The standard InChI is InChI=1S/C11H16N2O/c1-13(2)9-4-3-8-6-14-7-11(12)10(8)5-9/h3-5,11H,6-7,12H2,1-2H3. The summed E-state index contributed by atoms with van der Waals surface area (Å²) in [6, 6.07) is 6.38. The van der Waals surface area contributed by atoms with Crippen molar-refractivity contribution in [2.45, 2.75) is 12.6 Å². The summed E-state index contributed by atoms with van der Waals surface area (Å²) >= 11 is 0. The van der Waals surface area contributed by atoms with E-state index >= 15 is 0 Å². The van der Waals surface area contributed by atoms with E-state index in [4.69, 9.17) is 10.5 Å². The monoisotopic (exact) mass is 192 g/mol. The van der Waals surface area contributed by atoms with Crippen LogP contribution in [0.5, 0.6) is 0 Å². The molecule has 0 fully saturated rings. The van der Waals surface area contributed by atoms with Crippen molar-refractivity contribution in [1.29, 1.82) is 0 Å². The number of nitrogens with zero attached hydrogens (tertiary/aromatic N) is 1. The van der Waals surface area contributed by atoms with Gasteiger partial charge in [-0.15, -0.1) is 0 Å². The number of hydrogen-bond donors (Lipinski definition) is 1. The van der Waals surface area contributed by atoms with Crippen LogP contribution in [0.25, 0.3) is 0 Å². The molecule has 2 rings (SSSR count). The van der Waals surface area contributed by atoms with Crippen molar-refractivity contribution >= 4 is 5.69 Å². The number of rotatable bonds is 1. The number of benzene rings is 1. The first-order valence-corrected chi connectivity index (χ1v) is 4.82. The quantitative estimate of drug-likeness (QED) is 0.728. The Hall–Kier alpha value is -1.06. The fourth-order valence-electron chi connectivity index (χ4n) is 1.72. The highest BCUT2D eigenvalue weighted by molar-refractivity contribution is 5.51. The maximum atomic E-state index is 5.97. The van der Waals surface area contributed by atoms with Gasteiger partial charge in [-0.2, -0.15) is 0 Å². The zero-order valence-electron chi connectivity index (χ0n) is 8.66. The lowest BCUT2D eigenvalue weighted by Gasteiger charge is -2.24. The van der Waals surface area contributed by atoms with E-state index in [9.17, 15) is 0 Å². The second kappa shape index (κ2) is 3.59. The van der Waals surface area contributed by atoms with Crippen LogP contribution in [0.3, 0.4) is 0 Å². The van der Waals surface area contributed by atoms with Crippen LogP contribution in [-0.4, -0.2) is 20.7 Å². The number of hydrogen-bond acceptors (Lipinski definition) is 3. The van der Waals surface area contributed by atoms with Crippen molar-refractivity contribution in [2.75, 3.05) is 25.6 Å². The summed E-state index contributed by atoms with van der Waals surface area (Å²) in [6.45, 7) is 1.32. The Morgan fingerprint density at radius 2 is 2.21 bits per heavy atom. The van der Waals surface area contributed by atoms with Gasteiger partial charge in [-0.1, -0.05) is 6.07 Å². The molecule has 1 unspecified atom stereocenters. The van der Waals surface area contributed by atoms with E-state index in [-0.39, 0.29) is 6.04 Å². The molecule has 14 heavy (non-hydrogen) atoms. The van der Waals surface area contributed by atoms with Gasteiger partial charge < -0.3 is 15.4 Å². The minimum absolute atomic E-state index is 0.0265. The molecule has 1 aliphatic rings. The summed E-state index contributed by atoms with van der Waals surface area (Å²) in [5, 5.41) is 0. The second-order valence-electron chi connectivity index (χ2n) is 3.90. The van der Waals surface area contributed by atoms with E-state index < -0.39 is 0 Å². The fourth-order valence-corrected chi connectivity index (χ4v) is 1.72. The van der Waals surface area contributed by atoms with Crippen molar-refractivity contribution in [3.63, 3.8) is 0 Å². The fraction of sp³-hybridized carbons (Fsp3) is 0.455. The molecule has 0 saturated heterocycles. The van der Waals surface area contributed by atoms with Crippen LogP contribution < -0.4 is 10.6 Å². The van der Waals surface area contributed by atoms with E-state index in [1.807, 2.05) is 14.1 Å². The van der Waals surface area contributed by atoms with Gasteiger partial charge in [0.25, 0.3) is 0 Å². The van der Waals surface area contributed by atoms with E-state index in [0.29, 0.717) is 13.2 Å². The number of ether oxygens (including phenoxy) is 1. The van der Waals surface area contributed by atoms with Crippen LogP contribution in [0, 0.1) is 0 Å². The lowest BCUT2D eigenvalue weighted by molar-refractivity contribution is 0.0924. The van der Waals surface area contributed by atoms with Gasteiger partial charge >= 0.3 is 0 Å². The average molecular weight is 192 g/mol. The first-order valence-electron chi connectivity index (χ1n) is 4.82. The molecule has 0 bridgehead atoms. The van der Waals surface area contributed by atoms with Crippen LogP contribution in [0.4, 0.5) is 5.69 Å². The molecule has 0 amide bonds. The Morgan fingerprint density at radius 1 is 1.43 bits per heavy atom. The van der Waals surface area contributed by atoms with Crippen LogP contribution in [0.1, 0.15) is 17.2 Å². The lowest BCUT2D eigenvalue weighted by atomic mass is 9.99. The van der Waals surface area contributed by atoms with Gasteiger partial charge in [0.15, 0.2) is 0 Å². The topological polar surface area (TPSA) is 38.5 Å². The normalized spacial score (nSPS) is 20.4. The molecule has 1 aromatic rings. The minimum atomic E-state index is 0.0265. The lowest BCUT2D eigenvalue weighted by Crippen LogP contribution is -2.24. The molecule has 1 aromatic carbocycles. The Bertz CT molecular complexity index is 336. The predicted octanol–water partition coefficient (Wildman–Crippen LogP) is 1.28. The smallest absolute Gasteiger partial charge is 0.0721 e. The number of nitrogens with two attached hydrogens (primary N) is 1. The van der Waals surface area contributed by atoms with Crippen molar-refractivity contribution < 1.29 is 4.74 Å². The maximum absolute atomic E-state index is 5.97. The zero-order chi connectivity index (χ0) is 10.1. The van der Waals surface area contributed by atoms with Gasteiger partial charge in [0, 0.05) is 19.8 Å². The molecule has 0 aliphatic carbocycles. The highest BCUT2D eigenvalue weighted by Crippen LogP contribution is 2.26. The molecule has 3 nitrogen and oxygen atoms in total. The molecule has 1 aliphatic heterocycles. The molecule has 0 spiro atoms. The maximum Gasteiger partial charge on any atom is 0.0721 e. The summed E-state index contributed by atoms with van der Waals surface area (Å²) in [6.07, 6.45) is 0. The minimum Gasteiger partial charge on any atom is -0.378 e. The van der Waals surface area contributed by atoms with Gasteiger partial charge in [0.05, 0.1) is 19.3 Å². The van der Waals surface area contributed by atoms with Crippen molar-refractivity contribution in [3.8, 4) is 0 Å². The third-order valence-electron chi connectivity index (χ3n) is 2.60. The molecule has 2 N–H and O–H groups in total. The summed E-state index contributed by atoms with van der Waals surface area (Å²) < 4.78 is 5.37. The predicted molar refractivity (Wildman–Crippen MR) is 57.4 cm³/mol. The Kier molecular flexibility index (Phi) is 2.44. The highest BCUT2D eigenvalue weighted by atomic mass is 16.5. The van der Waals surface area contributed by atoms with Gasteiger partial charge in [0.2, 0.25) is 0 Å². The molecule has 3 heteroatoms. The van der Waals surface area contributed by atoms with Gasteiger partial charge in [0.1, 0.15) is 0 Å². The summed E-state index contributed by atoms with van der Waals surface area (Å²) in [4.78, 5) is 2.09. The Labute approximate surface area is 84.5 Å². The van der Waals surface area contributed by atoms with E-state index in [1.54, 1.807) is 0 Å². The van der Waals surface area contributed by atoms with Crippen molar-refractivity contribution in [1.82, 2.24) is 0 Å². The number of anilines is 1. The molecule has 1 atom stereocenters. The highest BCUT2D eigenvalue weighted by Gasteiger charge is 2.17. The van der Waals surface area contributed by atoms with Crippen LogP contribution >= 0.6 is 0 Å². The summed E-state index contributed by atoms with van der Waals surface area (Å²) in [7, 11) is 4.07. The molecular weight excluding hydrogens is 176 g/mol. The summed E-state index contributed by atoms with van der Waals surface area (Å²) in [5.74, 6) is 0. The molecular formula is C11H16N2O.